The maximum atomic E-state index is 11.8. The van der Waals surface area contributed by atoms with Gasteiger partial charge in [-0.3, -0.25) is 9.89 Å². The van der Waals surface area contributed by atoms with Crippen molar-refractivity contribution in [1.82, 2.24) is 15.5 Å². The molecule has 0 spiro atoms. The van der Waals surface area contributed by atoms with E-state index in [1.54, 1.807) is 13.8 Å². The van der Waals surface area contributed by atoms with E-state index in [0.717, 1.165) is 5.69 Å². The van der Waals surface area contributed by atoms with Gasteiger partial charge in [-0.25, -0.2) is 0 Å². The Morgan fingerprint density at radius 1 is 1.50 bits per heavy atom. The van der Waals surface area contributed by atoms with Gasteiger partial charge in [0.1, 0.15) is 0 Å². The Balaban J connectivity index is 2.60. The fourth-order valence-corrected chi connectivity index (χ4v) is 1.41. The first kappa shape index (κ1) is 12.7. The van der Waals surface area contributed by atoms with Crippen molar-refractivity contribution in [3.05, 3.63) is 17.0 Å². The molecule has 0 aliphatic carbocycles. The number of hydrogen-bond donors (Lipinski definition) is 3. The maximum absolute atomic E-state index is 11.8. The molecule has 16 heavy (non-hydrogen) atoms. The lowest BCUT2D eigenvalue weighted by molar-refractivity contribution is 0.0870. The summed E-state index contributed by atoms with van der Waals surface area (Å²) >= 11 is 0. The molecule has 0 aromatic carbocycles. The number of carbonyl (C=O) groups excluding carboxylic acids is 1. The van der Waals surface area contributed by atoms with E-state index in [0.29, 0.717) is 11.3 Å². The minimum absolute atomic E-state index is 0.131. The smallest absolute Gasteiger partial charge is 0.255 e. The summed E-state index contributed by atoms with van der Waals surface area (Å²) in [5.74, 6) is -0.0599. The van der Waals surface area contributed by atoms with E-state index >= 15 is 0 Å². The first-order valence-corrected chi connectivity index (χ1v) is 5.41. The molecule has 5 nitrogen and oxygen atoms in total. The third kappa shape index (κ3) is 2.82. The Kier molecular flexibility index (Phi) is 4.06. The van der Waals surface area contributed by atoms with Gasteiger partial charge in [-0.05, 0) is 19.8 Å². The molecule has 90 valence electrons. The molecule has 1 heterocycles. The van der Waals surface area contributed by atoms with Gasteiger partial charge in [0, 0.05) is 12.2 Å². The molecule has 3 N–H and O–H groups in total. The van der Waals surface area contributed by atoms with Crippen LogP contribution in [0.15, 0.2) is 0 Å². The monoisotopic (exact) mass is 225 g/mol. The molecule has 0 bridgehead atoms. The van der Waals surface area contributed by atoms with Crippen molar-refractivity contribution in [2.24, 2.45) is 5.92 Å². The first-order chi connectivity index (χ1) is 7.43. The molecule has 0 aliphatic rings. The first-order valence-electron chi connectivity index (χ1n) is 5.41. The average molecular weight is 225 g/mol. The topological polar surface area (TPSA) is 78.0 Å². The predicted octanol–water partition coefficient (Wildman–Crippen LogP) is 0.773. The maximum Gasteiger partial charge on any atom is 0.255 e. The molecule has 0 saturated carbocycles. The number of rotatable bonds is 4. The van der Waals surface area contributed by atoms with Crippen molar-refractivity contribution in [3.63, 3.8) is 0 Å². The van der Waals surface area contributed by atoms with E-state index in [2.05, 4.69) is 15.5 Å². The molecule has 1 atom stereocenters. The van der Waals surface area contributed by atoms with E-state index in [1.165, 1.54) is 0 Å². The van der Waals surface area contributed by atoms with Gasteiger partial charge in [-0.2, -0.15) is 5.10 Å². The zero-order valence-electron chi connectivity index (χ0n) is 10.2. The van der Waals surface area contributed by atoms with Gasteiger partial charge in [-0.1, -0.05) is 13.8 Å². The summed E-state index contributed by atoms with van der Waals surface area (Å²) in [5, 5.41) is 19.0. The van der Waals surface area contributed by atoms with Gasteiger partial charge in [-0.15, -0.1) is 0 Å². The van der Waals surface area contributed by atoms with E-state index in [4.69, 9.17) is 0 Å². The summed E-state index contributed by atoms with van der Waals surface area (Å²) in [4.78, 5) is 11.8. The molecule has 1 unspecified atom stereocenters. The number of aromatic nitrogens is 2. The Morgan fingerprint density at radius 2 is 2.12 bits per heavy atom. The Morgan fingerprint density at radius 3 is 2.56 bits per heavy atom. The number of nitrogens with one attached hydrogen (secondary N) is 2. The lowest BCUT2D eigenvalue weighted by atomic mass is 10.1. The van der Waals surface area contributed by atoms with Gasteiger partial charge in [0.05, 0.1) is 17.4 Å². The third-order valence-corrected chi connectivity index (χ3v) is 2.60. The lowest BCUT2D eigenvalue weighted by Crippen LogP contribution is -2.35. The SMILES string of the molecule is Cc1n[nH]c(C)c1C(=O)NCC(O)C(C)C. The summed E-state index contributed by atoms with van der Waals surface area (Å²) < 4.78 is 0. The highest BCUT2D eigenvalue weighted by atomic mass is 16.3. The normalized spacial score (nSPS) is 12.9. The van der Waals surface area contributed by atoms with E-state index < -0.39 is 6.10 Å². The van der Waals surface area contributed by atoms with Crippen LogP contribution in [0, 0.1) is 19.8 Å². The number of aryl methyl sites for hydroxylation is 2. The van der Waals surface area contributed by atoms with E-state index in [9.17, 15) is 9.90 Å². The number of hydrogen-bond acceptors (Lipinski definition) is 3. The number of aliphatic hydroxyl groups excluding tert-OH is 1. The highest BCUT2D eigenvalue weighted by molar-refractivity contribution is 5.96. The molecule has 0 fully saturated rings. The Hall–Kier alpha value is -1.36. The van der Waals surface area contributed by atoms with Crippen LogP contribution in [0.5, 0.6) is 0 Å². The van der Waals surface area contributed by atoms with Gasteiger partial charge >= 0.3 is 0 Å². The van der Waals surface area contributed by atoms with Crippen LogP contribution in [0.1, 0.15) is 35.6 Å². The molecule has 1 aromatic heterocycles. The Bertz CT molecular complexity index is 352. The molecular weight excluding hydrogens is 206 g/mol. The number of aromatic amines is 1. The van der Waals surface area contributed by atoms with Gasteiger partial charge in [0.2, 0.25) is 0 Å². The molecule has 1 aromatic rings. The molecule has 1 rings (SSSR count). The predicted molar refractivity (Wildman–Crippen MR) is 61.2 cm³/mol. The van der Waals surface area contributed by atoms with Crippen molar-refractivity contribution >= 4 is 5.91 Å². The fourth-order valence-electron chi connectivity index (χ4n) is 1.41. The zero-order valence-corrected chi connectivity index (χ0v) is 10.2. The van der Waals surface area contributed by atoms with Gasteiger partial charge in [0.15, 0.2) is 0 Å². The molecule has 5 heteroatoms. The fraction of sp³-hybridized carbons (Fsp3) is 0.636. The number of nitrogens with zero attached hydrogens (tertiary/aromatic N) is 1. The average Bonchev–Trinajstić information content (AvgIpc) is 2.54. The lowest BCUT2D eigenvalue weighted by Gasteiger charge is -2.14. The third-order valence-electron chi connectivity index (χ3n) is 2.60. The second-order valence-corrected chi connectivity index (χ2v) is 4.33. The minimum Gasteiger partial charge on any atom is -0.391 e. The Labute approximate surface area is 95.3 Å². The van der Waals surface area contributed by atoms with Crippen LogP contribution in [0.2, 0.25) is 0 Å². The van der Waals surface area contributed by atoms with Crippen molar-refractivity contribution in [2.75, 3.05) is 6.54 Å². The second-order valence-electron chi connectivity index (χ2n) is 4.33. The van der Waals surface area contributed by atoms with E-state index in [1.807, 2.05) is 13.8 Å². The summed E-state index contributed by atoms with van der Waals surface area (Å²) in [6, 6.07) is 0. The number of H-pyrrole nitrogens is 1. The van der Waals surface area contributed by atoms with E-state index in [-0.39, 0.29) is 18.4 Å². The minimum atomic E-state index is -0.517. The highest BCUT2D eigenvalue weighted by Crippen LogP contribution is 2.09. The number of amides is 1. The van der Waals surface area contributed by atoms with Crippen LogP contribution in [0.3, 0.4) is 0 Å². The van der Waals surface area contributed by atoms with Crippen LogP contribution in [-0.4, -0.2) is 33.9 Å². The number of carbonyl (C=O) groups is 1. The molecule has 0 aliphatic heterocycles. The van der Waals surface area contributed by atoms with Crippen LogP contribution < -0.4 is 5.32 Å². The van der Waals surface area contributed by atoms with Gasteiger partial charge in [0.25, 0.3) is 5.91 Å². The quantitative estimate of drug-likeness (QED) is 0.708. The van der Waals surface area contributed by atoms with Crippen molar-refractivity contribution in [2.45, 2.75) is 33.8 Å². The van der Waals surface area contributed by atoms with Crippen LogP contribution >= 0.6 is 0 Å². The summed E-state index contributed by atoms with van der Waals surface area (Å²) in [6.45, 7) is 7.65. The number of aliphatic hydroxyl groups is 1. The molecular formula is C11H19N3O2. The molecule has 0 saturated heterocycles. The van der Waals surface area contributed by atoms with Crippen LogP contribution in [-0.2, 0) is 0 Å². The van der Waals surface area contributed by atoms with Gasteiger partial charge < -0.3 is 10.4 Å². The molecule has 1 amide bonds. The summed E-state index contributed by atoms with van der Waals surface area (Å²) in [7, 11) is 0. The summed E-state index contributed by atoms with van der Waals surface area (Å²) in [5.41, 5.74) is 1.99. The zero-order chi connectivity index (χ0) is 12.3. The van der Waals surface area contributed by atoms with Crippen molar-refractivity contribution < 1.29 is 9.90 Å². The van der Waals surface area contributed by atoms with Crippen LogP contribution in [0.4, 0.5) is 0 Å². The second kappa shape index (κ2) is 5.12. The van der Waals surface area contributed by atoms with Crippen molar-refractivity contribution in [1.29, 1.82) is 0 Å². The standard InChI is InChI=1S/C11H19N3O2/c1-6(2)9(15)5-12-11(16)10-7(3)13-14-8(10)4/h6,9,15H,5H2,1-4H3,(H,12,16)(H,13,14). The van der Waals surface area contributed by atoms with Crippen LogP contribution in [0.25, 0.3) is 0 Å². The van der Waals surface area contributed by atoms with Crippen molar-refractivity contribution in [3.8, 4) is 0 Å². The highest BCUT2D eigenvalue weighted by Gasteiger charge is 2.16. The largest absolute Gasteiger partial charge is 0.391 e. The molecule has 0 radical (unpaired) electrons. The summed E-state index contributed by atoms with van der Waals surface area (Å²) in [6.07, 6.45) is -0.517.